The van der Waals surface area contributed by atoms with Gasteiger partial charge in [0.05, 0.1) is 10.2 Å². The smallest absolute Gasteiger partial charge is 0.224 e. The Balaban J connectivity index is 2.32. The molecule has 0 amide bonds. The molecule has 0 aliphatic carbocycles. The molecule has 1 heterocycles. The van der Waals surface area contributed by atoms with Crippen LogP contribution in [0.1, 0.15) is 0 Å². The van der Waals surface area contributed by atoms with Crippen LogP contribution in [0.2, 0.25) is 0 Å². The van der Waals surface area contributed by atoms with Crippen molar-refractivity contribution in [2.75, 3.05) is 17.7 Å². The fraction of sp³-hybridized carbons (Fsp3) is 0.0909. The Bertz CT molecular complexity index is 531. The maximum absolute atomic E-state index is 4.33. The zero-order valence-electron chi connectivity index (χ0n) is 9.04. The number of nitrogens with one attached hydrogen (secondary N) is 2. The van der Waals surface area contributed by atoms with E-state index in [-0.39, 0.29) is 0 Å². The highest BCUT2D eigenvalue weighted by Gasteiger charge is 2.06. The number of para-hydroxylation sites is 1. The van der Waals surface area contributed by atoms with E-state index in [1.54, 1.807) is 13.2 Å². The Hall–Kier alpha value is -1.14. The van der Waals surface area contributed by atoms with Crippen LogP contribution in [0.3, 0.4) is 0 Å². The number of anilines is 3. The molecule has 17 heavy (non-hydrogen) atoms. The second-order valence-electron chi connectivity index (χ2n) is 3.24. The lowest BCUT2D eigenvalue weighted by Gasteiger charge is -2.10. The average molecular weight is 358 g/mol. The Morgan fingerprint density at radius 1 is 1.12 bits per heavy atom. The molecule has 0 fully saturated rings. The first-order chi connectivity index (χ1) is 8.20. The van der Waals surface area contributed by atoms with Gasteiger partial charge in [-0.05, 0) is 44.0 Å². The van der Waals surface area contributed by atoms with E-state index in [4.69, 9.17) is 0 Å². The quantitative estimate of drug-likeness (QED) is 0.877. The van der Waals surface area contributed by atoms with E-state index in [2.05, 4.69) is 52.5 Å². The molecule has 6 heteroatoms. The van der Waals surface area contributed by atoms with E-state index in [1.807, 2.05) is 24.3 Å². The topological polar surface area (TPSA) is 49.8 Å². The normalized spacial score (nSPS) is 10.1. The van der Waals surface area contributed by atoms with Crippen molar-refractivity contribution in [1.29, 1.82) is 0 Å². The lowest BCUT2D eigenvalue weighted by atomic mass is 10.3. The van der Waals surface area contributed by atoms with Crippen LogP contribution in [-0.2, 0) is 0 Å². The molecule has 0 saturated carbocycles. The van der Waals surface area contributed by atoms with Crippen LogP contribution in [-0.4, -0.2) is 17.0 Å². The third kappa shape index (κ3) is 2.95. The number of nitrogens with zero attached hydrogens (tertiary/aromatic N) is 2. The second kappa shape index (κ2) is 5.46. The predicted molar refractivity (Wildman–Crippen MR) is 76.7 cm³/mol. The first-order valence-corrected chi connectivity index (χ1v) is 6.51. The first kappa shape index (κ1) is 12.3. The number of aromatic nitrogens is 2. The molecule has 0 saturated heterocycles. The Morgan fingerprint density at radius 2 is 1.88 bits per heavy atom. The highest BCUT2D eigenvalue weighted by molar-refractivity contribution is 9.11. The number of halogens is 2. The lowest BCUT2D eigenvalue weighted by molar-refractivity contribution is 1.14. The van der Waals surface area contributed by atoms with E-state index in [0.717, 1.165) is 20.5 Å². The highest BCUT2D eigenvalue weighted by Crippen LogP contribution is 2.28. The van der Waals surface area contributed by atoms with Crippen molar-refractivity contribution >= 4 is 49.3 Å². The minimum absolute atomic E-state index is 0.572. The van der Waals surface area contributed by atoms with E-state index in [1.165, 1.54) is 0 Å². The van der Waals surface area contributed by atoms with Gasteiger partial charge in [-0.2, -0.15) is 4.98 Å². The molecule has 2 rings (SSSR count). The van der Waals surface area contributed by atoms with Crippen molar-refractivity contribution in [2.24, 2.45) is 0 Å². The fourth-order valence-corrected chi connectivity index (χ4v) is 1.94. The third-order valence-electron chi connectivity index (χ3n) is 2.09. The molecule has 0 spiro atoms. The molecular formula is C11H10Br2N4. The molecular weight excluding hydrogens is 348 g/mol. The van der Waals surface area contributed by atoms with Gasteiger partial charge in [-0.25, -0.2) is 4.98 Å². The lowest BCUT2D eigenvalue weighted by Crippen LogP contribution is -2.01. The van der Waals surface area contributed by atoms with E-state index in [9.17, 15) is 0 Å². The largest absolute Gasteiger partial charge is 0.357 e. The zero-order chi connectivity index (χ0) is 12.3. The van der Waals surface area contributed by atoms with E-state index >= 15 is 0 Å². The van der Waals surface area contributed by atoms with Crippen molar-refractivity contribution in [3.63, 3.8) is 0 Å². The summed E-state index contributed by atoms with van der Waals surface area (Å²) < 4.78 is 1.80. The van der Waals surface area contributed by atoms with Gasteiger partial charge in [-0.3, -0.25) is 0 Å². The summed E-state index contributed by atoms with van der Waals surface area (Å²) in [6.07, 6.45) is 1.71. The minimum atomic E-state index is 0.572. The molecule has 0 atom stereocenters. The van der Waals surface area contributed by atoms with Crippen molar-refractivity contribution in [2.45, 2.75) is 0 Å². The van der Waals surface area contributed by atoms with E-state index in [0.29, 0.717) is 5.95 Å². The molecule has 0 unspecified atom stereocenters. The summed E-state index contributed by atoms with van der Waals surface area (Å²) in [6, 6.07) is 7.86. The van der Waals surface area contributed by atoms with Crippen LogP contribution >= 0.6 is 31.9 Å². The highest BCUT2D eigenvalue weighted by atomic mass is 79.9. The number of rotatable bonds is 3. The van der Waals surface area contributed by atoms with Gasteiger partial charge in [0.2, 0.25) is 5.95 Å². The first-order valence-electron chi connectivity index (χ1n) is 4.92. The van der Waals surface area contributed by atoms with Crippen LogP contribution in [0.15, 0.2) is 39.4 Å². The van der Waals surface area contributed by atoms with Crippen molar-refractivity contribution in [3.8, 4) is 0 Å². The van der Waals surface area contributed by atoms with Crippen molar-refractivity contribution in [1.82, 2.24) is 9.97 Å². The maximum atomic E-state index is 4.33. The summed E-state index contributed by atoms with van der Waals surface area (Å²) in [6.45, 7) is 0. The number of hydrogen-bond acceptors (Lipinski definition) is 4. The second-order valence-corrected chi connectivity index (χ2v) is 4.95. The summed E-state index contributed by atoms with van der Waals surface area (Å²) in [5.41, 5.74) is 0.953. The van der Waals surface area contributed by atoms with Gasteiger partial charge in [-0.1, -0.05) is 12.1 Å². The molecule has 1 aromatic heterocycles. The number of benzene rings is 1. The Morgan fingerprint density at radius 3 is 2.59 bits per heavy atom. The molecule has 0 radical (unpaired) electrons. The molecule has 0 aliphatic heterocycles. The van der Waals surface area contributed by atoms with Gasteiger partial charge in [0.15, 0.2) is 0 Å². The summed E-state index contributed by atoms with van der Waals surface area (Å²) in [5.74, 6) is 1.29. The molecule has 4 nitrogen and oxygen atoms in total. The van der Waals surface area contributed by atoms with Crippen LogP contribution in [0.25, 0.3) is 0 Å². The molecule has 0 aliphatic rings. The van der Waals surface area contributed by atoms with E-state index < -0.39 is 0 Å². The fourth-order valence-electron chi connectivity index (χ4n) is 1.27. The molecule has 1 aromatic carbocycles. The van der Waals surface area contributed by atoms with Crippen LogP contribution < -0.4 is 10.6 Å². The minimum Gasteiger partial charge on any atom is -0.357 e. The number of hydrogen-bond donors (Lipinski definition) is 2. The zero-order valence-corrected chi connectivity index (χ0v) is 12.2. The molecule has 0 bridgehead atoms. The maximum Gasteiger partial charge on any atom is 0.224 e. The van der Waals surface area contributed by atoms with Crippen molar-refractivity contribution in [3.05, 3.63) is 39.4 Å². The van der Waals surface area contributed by atoms with Gasteiger partial charge in [-0.15, -0.1) is 0 Å². The molecule has 2 N–H and O–H groups in total. The van der Waals surface area contributed by atoms with Crippen molar-refractivity contribution < 1.29 is 0 Å². The molecule has 2 aromatic rings. The van der Waals surface area contributed by atoms with Gasteiger partial charge in [0.1, 0.15) is 5.82 Å². The summed E-state index contributed by atoms with van der Waals surface area (Å²) in [5, 5.41) is 6.13. The third-order valence-corrected chi connectivity index (χ3v) is 3.37. The van der Waals surface area contributed by atoms with Crippen LogP contribution in [0.4, 0.5) is 17.5 Å². The van der Waals surface area contributed by atoms with Gasteiger partial charge in [0, 0.05) is 17.7 Å². The van der Waals surface area contributed by atoms with Crippen LogP contribution in [0, 0.1) is 0 Å². The predicted octanol–water partition coefficient (Wildman–Crippen LogP) is 3.79. The standard InChI is InChI=1S/C11H10Br2N4/c1-14-11-15-6-8(13)10(17-11)16-9-5-3-2-4-7(9)12/h2-6H,1H3,(H2,14,15,16,17). The SMILES string of the molecule is CNc1ncc(Br)c(Nc2ccccc2Br)n1. The molecule has 88 valence electrons. The van der Waals surface area contributed by atoms with Gasteiger partial charge < -0.3 is 10.6 Å². The summed E-state index contributed by atoms with van der Waals surface area (Å²) >= 11 is 6.89. The van der Waals surface area contributed by atoms with Gasteiger partial charge >= 0.3 is 0 Å². The van der Waals surface area contributed by atoms with Crippen LogP contribution in [0.5, 0.6) is 0 Å². The Labute approximate surface area is 116 Å². The monoisotopic (exact) mass is 356 g/mol. The summed E-state index contributed by atoms with van der Waals surface area (Å²) in [7, 11) is 1.78. The van der Waals surface area contributed by atoms with Gasteiger partial charge in [0.25, 0.3) is 0 Å². The Kier molecular flexibility index (Phi) is 3.96. The average Bonchev–Trinajstić information content (AvgIpc) is 2.35. The summed E-state index contributed by atoms with van der Waals surface area (Å²) in [4.78, 5) is 8.43.